The van der Waals surface area contributed by atoms with E-state index in [-0.39, 0.29) is 23.4 Å². The number of hydrogen-bond acceptors (Lipinski definition) is 7. The van der Waals surface area contributed by atoms with Crippen LogP contribution in [0.4, 0.5) is 5.82 Å². The van der Waals surface area contributed by atoms with Gasteiger partial charge in [0.25, 0.3) is 5.56 Å². The van der Waals surface area contributed by atoms with Gasteiger partial charge in [-0.05, 0) is 43.5 Å². The van der Waals surface area contributed by atoms with Gasteiger partial charge < -0.3 is 14.3 Å². The molecule has 3 aromatic rings. The number of hydrogen-bond donors (Lipinski definition) is 1. The lowest BCUT2D eigenvalue weighted by Gasteiger charge is -2.38. The number of aromatic nitrogens is 2. The summed E-state index contributed by atoms with van der Waals surface area (Å²) < 4.78 is 33.0. The molecule has 1 saturated carbocycles. The van der Waals surface area contributed by atoms with Crippen LogP contribution in [0.1, 0.15) is 25.5 Å². The second-order valence-corrected chi connectivity index (χ2v) is 11.5. The van der Waals surface area contributed by atoms with E-state index in [0.29, 0.717) is 48.7 Å². The first-order valence-corrected chi connectivity index (χ1v) is 13.5. The molecule has 4 heterocycles. The molecule has 2 aliphatic rings. The van der Waals surface area contributed by atoms with E-state index in [1.165, 1.54) is 15.1 Å². The Balaban J connectivity index is 1.44. The molecule has 0 unspecified atom stereocenters. The van der Waals surface area contributed by atoms with Crippen LogP contribution in [-0.4, -0.2) is 65.0 Å². The van der Waals surface area contributed by atoms with E-state index < -0.39 is 10.0 Å². The third-order valence-electron chi connectivity index (χ3n) is 6.73. The lowest BCUT2D eigenvalue weighted by Crippen LogP contribution is -2.52. The van der Waals surface area contributed by atoms with Gasteiger partial charge in [0.2, 0.25) is 15.9 Å². The number of fused-ring (bicyclic) bond motifs is 1. The largest absolute Gasteiger partial charge is 0.459 e. The topological polar surface area (TPSA) is 118 Å². The Kier molecular flexibility index (Phi) is 6.02. The average Bonchev–Trinajstić information content (AvgIpc) is 3.57. The van der Waals surface area contributed by atoms with E-state index in [1.54, 1.807) is 31.6 Å². The number of carbonyl (C=O) groups is 1. The first-order chi connectivity index (χ1) is 16.6. The predicted molar refractivity (Wildman–Crippen MR) is 132 cm³/mol. The highest BCUT2D eigenvalue weighted by Crippen LogP contribution is 2.32. The van der Waals surface area contributed by atoms with Gasteiger partial charge in [-0.1, -0.05) is 0 Å². The Morgan fingerprint density at radius 2 is 2.03 bits per heavy atom. The SMILES string of the molecule is C[C@@H]1CN(S(C)(=O)=O)CCN1Cc1cc2c(=O)n(C)cc(-c3ccnc(NC(=O)C4CC4)c3)c2o1. The molecule has 0 radical (unpaired) electrons. The molecule has 2 fully saturated rings. The summed E-state index contributed by atoms with van der Waals surface area (Å²) in [4.78, 5) is 31.5. The van der Waals surface area contributed by atoms with E-state index in [9.17, 15) is 18.0 Å². The maximum Gasteiger partial charge on any atom is 0.261 e. The zero-order valence-electron chi connectivity index (χ0n) is 20.0. The quantitative estimate of drug-likeness (QED) is 0.551. The van der Waals surface area contributed by atoms with E-state index in [0.717, 1.165) is 24.0 Å². The molecule has 10 nitrogen and oxygen atoms in total. The number of aryl methyl sites for hydroxylation is 1. The Morgan fingerprint density at radius 1 is 1.26 bits per heavy atom. The van der Waals surface area contributed by atoms with Gasteiger partial charge in [-0.15, -0.1) is 0 Å². The smallest absolute Gasteiger partial charge is 0.261 e. The van der Waals surface area contributed by atoms with Crippen molar-refractivity contribution in [3.8, 4) is 11.1 Å². The van der Waals surface area contributed by atoms with Crippen molar-refractivity contribution in [1.29, 1.82) is 0 Å². The average molecular weight is 500 g/mol. The second-order valence-electron chi connectivity index (χ2n) is 9.55. The molecule has 186 valence electrons. The number of anilines is 1. The molecule has 35 heavy (non-hydrogen) atoms. The third kappa shape index (κ3) is 4.89. The van der Waals surface area contributed by atoms with Gasteiger partial charge in [-0.2, -0.15) is 4.31 Å². The van der Waals surface area contributed by atoms with E-state index in [1.807, 2.05) is 13.0 Å². The van der Waals surface area contributed by atoms with Crippen LogP contribution in [0, 0.1) is 5.92 Å². The molecule has 5 rings (SSSR count). The first-order valence-electron chi connectivity index (χ1n) is 11.7. The molecule has 1 aliphatic heterocycles. The van der Waals surface area contributed by atoms with Crippen LogP contribution in [0.25, 0.3) is 22.1 Å². The number of carbonyl (C=O) groups excluding carboxylic acids is 1. The number of piperazine rings is 1. The molecule has 1 N–H and O–H groups in total. The van der Waals surface area contributed by atoms with Gasteiger partial charge in [0, 0.05) is 56.6 Å². The molecule has 0 bridgehead atoms. The molecule has 1 atom stereocenters. The zero-order valence-corrected chi connectivity index (χ0v) is 20.8. The minimum absolute atomic E-state index is 0.00632. The number of furan rings is 1. The van der Waals surface area contributed by atoms with E-state index >= 15 is 0 Å². The van der Waals surface area contributed by atoms with Crippen LogP contribution in [0.2, 0.25) is 0 Å². The van der Waals surface area contributed by atoms with Crippen LogP contribution >= 0.6 is 0 Å². The standard InChI is InChI=1S/C24H29N5O5S/c1-15-12-29(35(3,32)33)9-8-28(15)13-18-11-19-22(34-18)20(14-27(2)24(19)31)17-6-7-25-21(10-17)26-23(30)16-4-5-16/h6-7,10-11,14-16H,4-5,8-9,12-13H2,1-3H3,(H,25,26,30)/t15-/m1/s1. The first kappa shape index (κ1) is 23.7. The van der Waals surface area contributed by atoms with Gasteiger partial charge in [-0.3, -0.25) is 14.5 Å². The van der Waals surface area contributed by atoms with Crippen molar-refractivity contribution >= 4 is 32.7 Å². The number of nitrogens with zero attached hydrogens (tertiary/aromatic N) is 4. The fourth-order valence-electron chi connectivity index (χ4n) is 4.52. The van der Waals surface area contributed by atoms with E-state index in [4.69, 9.17) is 4.42 Å². The summed E-state index contributed by atoms with van der Waals surface area (Å²) in [6.45, 7) is 3.86. The van der Waals surface area contributed by atoms with Gasteiger partial charge in [0.05, 0.1) is 18.2 Å². The van der Waals surface area contributed by atoms with Gasteiger partial charge in [-0.25, -0.2) is 13.4 Å². The summed E-state index contributed by atoms with van der Waals surface area (Å²) in [7, 11) is -1.53. The molecular weight excluding hydrogens is 470 g/mol. The van der Waals surface area contributed by atoms with Crippen LogP contribution in [0.3, 0.4) is 0 Å². The summed E-state index contributed by atoms with van der Waals surface area (Å²) in [5.74, 6) is 1.15. The fraction of sp³-hybridized carbons (Fsp3) is 0.458. The lowest BCUT2D eigenvalue weighted by atomic mass is 10.1. The van der Waals surface area contributed by atoms with Crippen molar-refractivity contribution in [2.45, 2.75) is 32.4 Å². The van der Waals surface area contributed by atoms with Crippen molar-refractivity contribution in [3.05, 3.63) is 46.7 Å². The van der Waals surface area contributed by atoms with Crippen molar-refractivity contribution in [3.63, 3.8) is 0 Å². The van der Waals surface area contributed by atoms with Crippen molar-refractivity contribution in [1.82, 2.24) is 18.8 Å². The number of pyridine rings is 2. The molecule has 11 heteroatoms. The minimum atomic E-state index is -3.23. The molecule has 1 amide bonds. The minimum Gasteiger partial charge on any atom is -0.459 e. The highest BCUT2D eigenvalue weighted by atomic mass is 32.2. The van der Waals surface area contributed by atoms with Crippen LogP contribution in [-0.2, 0) is 28.4 Å². The Labute approximate surface area is 203 Å². The van der Waals surface area contributed by atoms with Gasteiger partial charge in [0.1, 0.15) is 17.2 Å². The number of rotatable bonds is 6. The maximum atomic E-state index is 12.9. The highest BCUT2D eigenvalue weighted by Gasteiger charge is 2.31. The Bertz CT molecular complexity index is 1460. The van der Waals surface area contributed by atoms with Gasteiger partial charge >= 0.3 is 0 Å². The zero-order chi connectivity index (χ0) is 24.9. The van der Waals surface area contributed by atoms with Crippen LogP contribution in [0.5, 0.6) is 0 Å². The summed E-state index contributed by atoms with van der Waals surface area (Å²) in [6, 6.07) is 5.38. The normalized spacial score (nSPS) is 19.8. The van der Waals surface area contributed by atoms with Crippen LogP contribution in [0.15, 0.2) is 39.8 Å². The monoisotopic (exact) mass is 499 g/mol. The Morgan fingerprint density at radius 3 is 2.71 bits per heavy atom. The number of amides is 1. The highest BCUT2D eigenvalue weighted by molar-refractivity contribution is 7.88. The third-order valence-corrected chi connectivity index (χ3v) is 8.00. The van der Waals surface area contributed by atoms with Crippen molar-refractivity contribution in [2.75, 3.05) is 31.2 Å². The van der Waals surface area contributed by atoms with Crippen molar-refractivity contribution in [2.24, 2.45) is 13.0 Å². The molecule has 1 saturated heterocycles. The van der Waals surface area contributed by atoms with Crippen LogP contribution < -0.4 is 10.9 Å². The predicted octanol–water partition coefficient (Wildman–Crippen LogP) is 2.01. The van der Waals surface area contributed by atoms with Crippen molar-refractivity contribution < 1.29 is 17.6 Å². The molecule has 0 spiro atoms. The maximum absolute atomic E-state index is 12.9. The summed E-state index contributed by atoms with van der Waals surface area (Å²) in [5, 5.41) is 3.34. The Hall–Kier alpha value is -3.02. The number of sulfonamides is 1. The summed E-state index contributed by atoms with van der Waals surface area (Å²) >= 11 is 0. The molecule has 1 aliphatic carbocycles. The molecule has 0 aromatic carbocycles. The molecular formula is C24H29N5O5S. The van der Waals surface area contributed by atoms with E-state index in [2.05, 4.69) is 15.2 Å². The lowest BCUT2D eigenvalue weighted by molar-refractivity contribution is -0.117. The summed E-state index contributed by atoms with van der Waals surface area (Å²) in [5.41, 5.74) is 1.83. The molecule has 3 aromatic heterocycles. The second kappa shape index (κ2) is 8.89. The summed E-state index contributed by atoms with van der Waals surface area (Å²) in [6.07, 6.45) is 6.40. The fourth-order valence-corrected chi connectivity index (χ4v) is 5.42. The van der Waals surface area contributed by atoms with Gasteiger partial charge in [0.15, 0.2) is 0 Å². The number of nitrogens with one attached hydrogen (secondary N) is 1.